The molecule has 0 saturated carbocycles. The maximum Gasteiger partial charge on any atom is 0.156 e. The number of rotatable bonds is 4. The SMILES string of the molecule is Fc1ccc(-c2c[nH]c(-c3cccc(-c4c[nH]c(-c5cc6ccccc6cn5)n4)c3)n2)cc1. The second kappa shape index (κ2) is 7.84. The molecule has 0 spiro atoms. The van der Waals surface area contributed by atoms with E-state index in [0.717, 1.165) is 56.2 Å². The Labute approximate surface area is 189 Å². The van der Waals surface area contributed by atoms with E-state index in [1.54, 1.807) is 12.1 Å². The zero-order valence-electron chi connectivity index (χ0n) is 17.5. The summed E-state index contributed by atoms with van der Waals surface area (Å²) in [6.45, 7) is 0. The van der Waals surface area contributed by atoms with Gasteiger partial charge in [0.1, 0.15) is 17.3 Å². The van der Waals surface area contributed by atoms with Crippen LogP contribution in [-0.4, -0.2) is 24.9 Å². The maximum atomic E-state index is 13.2. The van der Waals surface area contributed by atoms with Crippen LogP contribution in [0.5, 0.6) is 0 Å². The number of pyridine rings is 1. The van der Waals surface area contributed by atoms with E-state index < -0.39 is 0 Å². The first-order chi connectivity index (χ1) is 16.2. The van der Waals surface area contributed by atoms with Crippen LogP contribution in [0.2, 0.25) is 0 Å². The number of hydrogen-bond donors (Lipinski definition) is 2. The van der Waals surface area contributed by atoms with Crippen LogP contribution in [0.25, 0.3) is 56.2 Å². The predicted octanol–water partition coefficient (Wildman–Crippen LogP) is 6.49. The number of imidazole rings is 2. The third-order valence-corrected chi connectivity index (χ3v) is 5.60. The molecule has 0 saturated heterocycles. The van der Waals surface area contributed by atoms with Gasteiger partial charge in [-0.1, -0.05) is 42.5 Å². The lowest BCUT2D eigenvalue weighted by atomic mass is 10.1. The van der Waals surface area contributed by atoms with Gasteiger partial charge in [-0.2, -0.15) is 0 Å². The van der Waals surface area contributed by atoms with Crippen LogP contribution in [0.4, 0.5) is 4.39 Å². The van der Waals surface area contributed by atoms with Gasteiger partial charge in [-0.15, -0.1) is 0 Å². The summed E-state index contributed by atoms with van der Waals surface area (Å²) >= 11 is 0. The van der Waals surface area contributed by atoms with Crippen molar-refractivity contribution in [2.45, 2.75) is 0 Å². The molecule has 3 aromatic carbocycles. The van der Waals surface area contributed by atoms with Gasteiger partial charge in [0, 0.05) is 40.7 Å². The standard InChI is InChI=1S/C27H18FN5/c28-22-10-8-17(9-11-22)24-15-30-26(32-24)20-7-3-6-19(12-20)25-16-31-27(33-25)23-13-18-4-1-2-5-21(18)14-29-23/h1-16H,(H,30,32)(H,31,33). The van der Waals surface area contributed by atoms with E-state index in [9.17, 15) is 4.39 Å². The fourth-order valence-electron chi connectivity index (χ4n) is 3.88. The van der Waals surface area contributed by atoms with Gasteiger partial charge in [-0.25, -0.2) is 14.4 Å². The van der Waals surface area contributed by atoms with E-state index in [-0.39, 0.29) is 5.82 Å². The molecule has 0 unspecified atom stereocenters. The van der Waals surface area contributed by atoms with Gasteiger partial charge in [0.15, 0.2) is 5.82 Å². The number of fused-ring (bicyclic) bond motifs is 1. The van der Waals surface area contributed by atoms with Crippen LogP contribution in [0.1, 0.15) is 0 Å². The first-order valence-corrected chi connectivity index (χ1v) is 10.6. The van der Waals surface area contributed by atoms with E-state index >= 15 is 0 Å². The van der Waals surface area contributed by atoms with Crippen molar-refractivity contribution < 1.29 is 4.39 Å². The Morgan fingerprint density at radius 2 is 1.27 bits per heavy atom. The first-order valence-electron chi connectivity index (χ1n) is 10.6. The second-order valence-electron chi connectivity index (χ2n) is 7.77. The lowest BCUT2D eigenvalue weighted by Crippen LogP contribution is -1.87. The number of aromatic amines is 2. The summed E-state index contributed by atoms with van der Waals surface area (Å²) in [5.74, 6) is 1.19. The molecule has 0 fully saturated rings. The number of H-pyrrole nitrogens is 2. The zero-order chi connectivity index (χ0) is 22.2. The summed E-state index contributed by atoms with van der Waals surface area (Å²) in [6, 6.07) is 24.5. The second-order valence-corrected chi connectivity index (χ2v) is 7.77. The largest absolute Gasteiger partial charge is 0.344 e. The van der Waals surface area contributed by atoms with E-state index in [1.165, 1.54) is 12.1 Å². The zero-order valence-corrected chi connectivity index (χ0v) is 17.5. The van der Waals surface area contributed by atoms with Crippen molar-refractivity contribution in [3.05, 3.63) is 103 Å². The Morgan fingerprint density at radius 3 is 2.12 bits per heavy atom. The van der Waals surface area contributed by atoms with E-state index in [1.807, 2.05) is 67.1 Å². The summed E-state index contributed by atoms with van der Waals surface area (Å²) < 4.78 is 13.2. The molecule has 0 bridgehead atoms. The molecule has 0 aliphatic rings. The summed E-state index contributed by atoms with van der Waals surface area (Å²) in [5.41, 5.74) is 5.15. The number of hydrogen-bond acceptors (Lipinski definition) is 3. The van der Waals surface area contributed by atoms with Crippen LogP contribution in [0, 0.1) is 5.82 Å². The van der Waals surface area contributed by atoms with Gasteiger partial charge in [-0.3, -0.25) is 4.98 Å². The number of benzene rings is 3. The molecule has 0 atom stereocenters. The van der Waals surface area contributed by atoms with Crippen LogP contribution in [0.15, 0.2) is 97.5 Å². The Bertz CT molecular complexity index is 1580. The summed E-state index contributed by atoms with van der Waals surface area (Å²) in [5, 5.41) is 2.22. The lowest BCUT2D eigenvalue weighted by Gasteiger charge is -2.02. The van der Waals surface area contributed by atoms with Crippen molar-refractivity contribution in [1.29, 1.82) is 0 Å². The Balaban J connectivity index is 1.30. The van der Waals surface area contributed by atoms with E-state index in [0.29, 0.717) is 0 Å². The molecule has 6 rings (SSSR count). The highest BCUT2D eigenvalue weighted by Gasteiger charge is 2.11. The van der Waals surface area contributed by atoms with Gasteiger partial charge in [0.25, 0.3) is 0 Å². The van der Waals surface area contributed by atoms with Crippen molar-refractivity contribution in [3.63, 3.8) is 0 Å². The first kappa shape index (κ1) is 19.1. The molecule has 0 aliphatic carbocycles. The number of nitrogens with one attached hydrogen (secondary N) is 2. The quantitative estimate of drug-likeness (QED) is 0.335. The molecule has 6 heteroatoms. The third-order valence-electron chi connectivity index (χ3n) is 5.60. The highest BCUT2D eigenvalue weighted by atomic mass is 19.1. The Kier molecular flexibility index (Phi) is 4.54. The topological polar surface area (TPSA) is 70.2 Å². The van der Waals surface area contributed by atoms with Crippen molar-refractivity contribution >= 4 is 10.8 Å². The molecular formula is C27H18FN5. The maximum absolute atomic E-state index is 13.2. The molecule has 3 aromatic heterocycles. The normalized spacial score (nSPS) is 11.2. The minimum absolute atomic E-state index is 0.264. The fraction of sp³-hybridized carbons (Fsp3) is 0. The average molecular weight is 431 g/mol. The van der Waals surface area contributed by atoms with Crippen LogP contribution in [0.3, 0.4) is 0 Å². The minimum Gasteiger partial charge on any atom is -0.344 e. The Hall–Kier alpha value is -4.58. The van der Waals surface area contributed by atoms with E-state index in [4.69, 9.17) is 4.98 Å². The van der Waals surface area contributed by atoms with Crippen molar-refractivity contribution in [2.75, 3.05) is 0 Å². The minimum atomic E-state index is -0.264. The summed E-state index contributed by atoms with van der Waals surface area (Å²) in [7, 11) is 0. The fourth-order valence-corrected chi connectivity index (χ4v) is 3.88. The van der Waals surface area contributed by atoms with Crippen LogP contribution in [-0.2, 0) is 0 Å². The number of nitrogens with zero attached hydrogens (tertiary/aromatic N) is 3. The third kappa shape index (κ3) is 3.68. The highest BCUT2D eigenvalue weighted by molar-refractivity contribution is 5.84. The van der Waals surface area contributed by atoms with Crippen molar-refractivity contribution in [2.24, 2.45) is 0 Å². The van der Waals surface area contributed by atoms with Gasteiger partial charge < -0.3 is 9.97 Å². The molecule has 0 radical (unpaired) electrons. The van der Waals surface area contributed by atoms with Gasteiger partial charge in [0.2, 0.25) is 0 Å². The van der Waals surface area contributed by atoms with Crippen LogP contribution >= 0.6 is 0 Å². The molecule has 2 N–H and O–H groups in total. The number of halogens is 1. The molecule has 33 heavy (non-hydrogen) atoms. The van der Waals surface area contributed by atoms with E-state index in [2.05, 4.69) is 26.0 Å². The van der Waals surface area contributed by atoms with Crippen LogP contribution < -0.4 is 0 Å². The molecule has 5 nitrogen and oxygen atoms in total. The van der Waals surface area contributed by atoms with Crippen molar-refractivity contribution in [3.8, 4) is 45.4 Å². The molecule has 6 aromatic rings. The molecular weight excluding hydrogens is 413 g/mol. The predicted molar refractivity (Wildman–Crippen MR) is 128 cm³/mol. The monoisotopic (exact) mass is 431 g/mol. The highest BCUT2D eigenvalue weighted by Crippen LogP contribution is 2.28. The summed E-state index contributed by atoms with van der Waals surface area (Å²) in [6.07, 6.45) is 5.58. The Morgan fingerprint density at radius 1 is 0.576 bits per heavy atom. The average Bonchev–Trinajstić information content (AvgIpc) is 3.55. The van der Waals surface area contributed by atoms with Gasteiger partial charge in [-0.05, 0) is 41.8 Å². The van der Waals surface area contributed by atoms with Crippen molar-refractivity contribution in [1.82, 2.24) is 24.9 Å². The molecule has 0 amide bonds. The molecule has 3 heterocycles. The molecule has 158 valence electrons. The smallest absolute Gasteiger partial charge is 0.156 e. The lowest BCUT2D eigenvalue weighted by molar-refractivity contribution is 0.628. The molecule has 0 aliphatic heterocycles. The van der Waals surface area contributed by atoms with Gasteiger partial charge in [0.05, 0.1) is 11.4 Å². The summed E-state index contributed by atoms with van der Waals surface area (Å²) in [4.78, 5) is 20.5. The van der Waals surface area contributed by atoms with Gasteiger partial charge >= 0.3 is 0 Å². The number of aromatic nitrogens is 5.